The predicted molar refractivity (Wildman–Crippen MR) is 55.0 cm³/mol. The Balaban J connectivity index is 2.36. The Labute approximate surface area is 77.1 Å². The van der Waals surface area contributed by atoms with Gasteiger partial charge in [-0.05, 0) is 17.0 Å². The molecule has 0 aromatic heterocycles. The molecule has 0 amide bonds. The van der Waals surface area contributed by atoms with Gasteiger partial charge in [-0.25, -0.2) is 0 Å². The summed E-state index contributed by atoms with van der Waals surface area (Å²) in [6.07, 6.45) is 2.04. The van der Waals surface area contributed by atoms with Gasteiger partial charge >= 0.3 is 0 Å². The number of rotatable bonds is 4. The topological polar surface area (TPSA) is 20.2 Å². The molecule has 0 aliphatic carbocycles. The molecule has 0 fully saturated rings. The van der Waals surface area contributed by atoms with Crippen LogP contribution in [0.1, 0.15) is 5.56 Å². The first-order valence-electron chi connectivity index (χ1n) is 3.87. The summed E-state index contributed by atoms with van der Waals surface area (Å²) in [5.74, 6) is 0.767. The van der Waals surface area contributed by atoms with Crippen molar-refractivity contribution in [3.8, 4) is 0 Å². The van der Waals surface area contributed by atoms with Gasteiger partial charge in [-0.2, -0.15) is 0 Å². The Kier molecular flexibility index (Phi) is 4.57. The highest BCUT2D eigenvalue weighted by Gasteiger charge is 1.82. The minimum atomic E-state index is 0.240. The molecule has 0 aliphatic rings. The van der Waals surface area contributed by atoms with E-state index in [-0.39, 0.29) is 6.61 Å². The van der Waals surface area contributed by atoms with Crippen molar-refractivity contribution < 1.29 is 5.11 Å². The van der Waals surface area contributed by atoms with Gasteiger partial charge in [-0.1, -0.05) is 30.3 Å². The molecule has 0 radical (unpaired) electrons. The van der Waals surface area contributed by atoms with Crippen molar-refractivity contribution in [2.75, 3.05) is 12.4 Å². The van der Waals surface area contributed by atoms with E-state index in [1.54, 1.807) is 11.8 Å². The first-order chi connectivity index (χ1) is 5.93. The van der Waals surface area contributed by atoms with E-state index in [1.165, 1.54) is 5.56 Å². The lowest BCUT2D eigenvalue weighted by atomic mass is 10.2. The van der Waals surface area contributed by atoms with E-state index in [4.69, 9.17) is 5.11 Å². The minimum absolute atomic E-state index is 0.240. The zero-order valence-electron chi connectivity index (χ0n) is 6.81. The summed E-state index contributed by atoms with van der Waals surface area (Å²) in [5.41, 5.74) is 1.20. The molecule has 0 saturated carbocycles. The van der Waals surface area contributed by atoms with Crippen LogP contribution in [0.3, 0.4) is 0 Å². The Bertz CT molecular complexity index is 231. The summed E-state index contributed by atoms with van der Waals surface area (Å²) in [7, 11) is 0. The van der Waals surface area contributed by atoms with E-state index >= 15 is 0 Å². The highest BCUT2D eigenvalue weighted by atomic mass is 32.2. The van der Waals surface area contributed by atoms with Crippen molar-refractivity contribution in [3.63, 3.8) is 0 Å². The molecule has 0 unspecified atom stereocenters. The normalized spacial score (nSPS) is 10.8. The number of benzene rings is 1. The van der Waals surface area contributed by atoms with Crippen molar-refractivity contribution in [2.24, 2.45) is 0 Å². The number of hydrogen-bond donors (Lipinski definition) is 1. The second-order valence-corrected chi connectivity index (χ2v) is 3.32. The summed E-state index contributed by atoms with van der Waals surface area (Å²) >= 11 is 1.62. The fraction of sp³-hybridized carbons (Fsp3) is 0.200. The Hall–Kier alpha value is -0.730. The van der Waals surface area contributed by atoms with E-state index in [2.05, 4.69) is 12.1 Å². The van der Waals surface area contributed by atoms with Crippen LogP contribution in [0.2, 0.25) is 0 Å². The molecule has 1 rings (SSSR count). The molecule has 0 atom stereocenters. The molecule has 0 bridgehead atoms. The largest absolute Gasteiger partial charge is 0.396 e. The average Bonchev–Trinajstić information content (AvgIpc) is 2.14. The third-order valence-electron chi connectivity index (χ3n) is 1.37. The molecule has 1 aromatic carbocycles. The Morgan fingerprint density at radius 1 is 1.25 bits per heavy atom. The molecule has 0 aliphatic heterocycles. The smallest absolute Gasteiger partial charge is 0.0525 e. The summed E-state index contributed by atoms with van der Waals surface area (Å²) < 4.78 is 0. The van der Waals surface area contributed by atoms with Crippen LogP contribution in [0, 0.1) is 0 Å². The quantitative estimate of drug-likeness (QED) is 0.718. The molecule has 12 heavy (non-hydrogen) atoms. The van der Waals surface area contributed by atoms with Gasteiger partial charge in [0.25, 0.3) is 0 Å². The van der Waals surface area contributed by atoms with Crippen LogP contribution in [-0.2, 0) is 0 Å². The van der Waals surface area contributed by atoms with E-state index in [0.717, 1.165) is 5.75 Å². The zero-order chi connectivity index (χ0) is 8.65. The van der Waals surface area contributed by atoms with Crippen LogP contribution >= 0.6 is 11.8 Å². The maximum Gasteiger partial charge on any atom is 0.0525 e. The average molecular weight is 180 g/mol. The summed E-state index contributed by atoms with van der Waals surface area (Å²) in [6, 6.07) is 10.1. The van der Waals surface area contributed by atoms with E-state index < -0.39 is 0 Å². The monoisotopic (exact) mass is 180 g/mol. The lowest BCUT2D eigenvalue weighted by Gasteiger charge is -1.91. The highest BCUT2D eigenvalue weighted by molar-refractivity contribution is 8.02. The Morgan fingerprint density at radius 3 is 2.67 bits per heavy atom. The first kappa shape index (κ1) is 9.36. The van der Waals surface area contributed by atoms with Gasteiger partial charge in [0.1, 0.15) is 0 Å². The van der Waals surface area contributed by atoms with Gasteiger partial charge in [0.15, 0.2) is 0 Å². The van der Waals surface area contributed by atoms with E-state index in [1.807, 2.05) is 29.7 Å². The fourth-order valence-electron chi connectivity index (χ4n) is 0.812. The third kappa shape index (κ3) is 3.60. The number of thioether (sulfide) groups is 1. The molecular weight excluding hydrogens is 168 g/mol. The Morgan fingerprint density at radius 2 is 2.00 bits per heavy atom. The van der Waals surface area contributed by atoms with Gasteiger partial charge in [0.05, 0.1) is 6.61 Å². The number of aliphatic hydroxyl groups excluding tert-OH is 1. The molecule has 1 aromatic rings. The van der Waals surface area contributed by atoms with Gasteiger partial charge in [-0.3, -0.25) is 0 Å². The van der Waals surface area contributed by atoms with Gasteiger partial charge in [0, 0.05) is 5.75 Å². The maximum atomic E-state index is 8.51. The standard InChI is InChI=1S/C10H12OS/c11-7-9-12-8-6-10-4-2-1-3-5-10/h1-6,8,11H,7,9H2/b8-6+. The van der Waals surface area contributed by atoms with Crippen molar-refractivity contribution in [1.29, 1.82) is 0 Å². The summed E-state index contributed by atoms with van der Waals surface area (Å²) in [6.45, 7) is 0.240. The van der Waals surface area contributed by atoms with Crippen molar-refractivity contribution in [2.45, 2.75) is 0 Å². The lowest BCUT2D eigenvalue weighted by molar-refractivity contribution is 0.322. The lowest BCUT2D eigenvalue weighted by Crippen LogP contribution is -1.81. The highest BCUT2D eigenvalue weighted by Crippen LogP contribution is 2.07. The minimum Gasteiger partial charge on any atom is -0.396 e. The van der Waals surface area contributed by atoms with Gasteiger partial charge in [-0.15, -0.1) is 11.8 Å². The summed E-state index contributed by atoms with van der Waals surface area (Å²) in [4.78, 5) is 0. The van der Waals surface area contributed by atoms with E-state index in [9.17, 15) is 0 Å². The van der Waals surface area contributed by atoms with Crippen molar-refractivity contribution in [1.82, 2.24) is 0 Å². The molecule has 1 N–H and O–H groups in total. The van der Waals surface area contributed by atoms with Crippen LogP contribution in [0.5, 0.6) is 0 Å². The fourth-order valence-corrected chi connectivity index (χ4v) is 1.31. The number of hydrogen-bond acceptors (Lipinski definition) is 2. The van der Waals surface area contributed by atoms with Gasteiger partial charge < -0.3 is 5.11 Å². The van der Waals surface area contributed by atoms with Crippen molar-refractivity contribution >= 4 is 17.8 Å². The molecular formula is C10H12OS. The molecule has 2 heteroatoms. The molecule has 0 heterocycles. The second-order valence-electron chi connectivity index (χ2n) is 2.31. The maximum absolute atomic E-state index is 8.51. The zero-order valence-corrected chi connectivity index (χ0v) is 7.63. The van der Waals surface area contributed by atoms with Crippen LogP contribution in [0.15, 0.2) is 35.7 Å². The van der Waals surface area contributed by atoms with Crippen LogP contribution in [0.4, 0.5) is 0 Å². The third-order valence-corrected chi connectivity index (χ3v) is 2.11. The SMILES string of the molecule is OCCS/C=C/c1ccccc1. The second kappa shape index (κ2) is 5.86. The summed E-state index contributed by atoms with van der Waals surface area (Å²) in [5, 5.41) is 10.5. The molecule has 0 saturated heterocycles. The number of aliphatic hydroxyl groups is 1. The molecule has 64 valence electrons. The van der Waals surface area contributed by atoms with E-state index in [0.29, 0.717) is 0 Å². The van der Waals surface area contributed by atoms with Crippen LogP contribution < -0.4 is 0 Å². The first-order valence-corrected chi connectivity index (χ1v) is 4.92. The van der Waals surface area contributed by atoms with Crippen LogP contribution in [-0.4, -0.2) is 17.5 Å². The molecule has 0 spiro atoms. The van der Waals surface area contributed by atoms with Gasteiger partial charge in [0.2, 0.25) is 0 Å². The van der Waals surface area contributed by atoms with Crippen molar-refractivity contribution in [3.05, 3.63) is 41.3 Å². The predicted octanol–water partition coefficient (Wildman–Crippen LogP) is 2.38. The molecule has 1 nitrogen and oxygen atoms in total. The van der Waals surface area contributed by atoms with Crippen LogP contribution in [0.25, 0.3) is 6.08 Å².